The third-order valence-corrected chi connectivity index (χ3v) is 4.32. The molecule has 0 radical (unpaired) electrons. The third kappa shape index (κ3) is 4.65. The second-order valence-electron chi connectivity index (χ2n) is 7.45. The van der Waals surface area contributed by atoms with Crippen molar-refractivity contribution in [2.45, 2.75) is 65.0 Å². The van der Waals surface area contributed by atoms with E-state index in [1.165, 1.54) is 12.8 Å². The maximum Gasteiger partial charge on any atom is 0.410 e. The van der Waals surface area contributed by atoms with E-state index in [0.29, 0.717) is 6.04 Å². The third-order valence-electron chi connectivity index (χ3n) is 4.32. The minimum absolute atomic E-state index is 0.149. The number of nitrogens with zero attached hydrogens (tertiary/aromatic N) is 1. The molecule has 0 spiro atoms. The number of amides is 1. The van der Waals surface area contributed by atoms with Crippen molar-refractivity contribution in [2.24, 2.45) is 11.8 Å². The van der Waals surface area contributed by atoms with Gasteiger partial charge in [-0.25, -0.2) is 4.79 Å². The van der Waals surface area contributed by atoms with Gasteiger partial charge in [0.2, 0.25) is 0 Å². The molecule has 0 bridgehead atoms. The molecule has 2 fully saturated rings. The topological polar surface area (TPSA) is 41.6 Å². The number of carbonyl (C=O) groups is 1. The molecule has 20 heavy (non-hydrogen) atoms. The molecule has 1 heterocycles. The van der Waals surface area contributed by atoms with Gasteiger partial charge in [0.15, 0.2) is 0 Å². The van der Waals surface area contributed by atoms with Crippen molar-refractivity contribution in [3.8, 4) is 0 Å². The molecule has 116 valence electrons. The average Bonchev–Trinajstić information content (AvgIpc) is 3.04. The standard InChI is InChI=1S/C16H30N2O2/c1-12-9-13(12)10-17-11-14-7-5-6-8-18(14)15(19)20-16(2,3)4/h12-14,17H,5-11H2,1-4H3. The first-order valence-corrected chi connectivity index (χ1v) is 8.07. The highest BCUT2D eigenvalue weighted by Crippen LogP contribution is 2.36. The van der Waals surface area contributed by atoms with Crippen molar-refractivity contribution in [1.29, 1.82) is 0 Å². The Morgan fingerprint density at radius 3 is 2.60 bits per heavy atom. The maximum absolute atomic E-state index is 12.3. The van der Waals surface area contributed by atoms with Crippen LogP contribution >= 0.6 is 0 Å². The summed E-state index contributed by atoms with van der Waals surface area (Å²) in [6.45, 7) is 10.9. The molecule has 4 heteroatoms. The summed E-state index contributed by atoms with van der Waals surface area (Å²) >= 11 is 0. The van der Waals surface area contributed by atoms with Crippen molar-refractivity contribution < 1.29 is 9.53 Å². The van der Waals surface area contributed by atoms with Crippen LogP contribution in [0.5, 0.6) is 0 Å². The van der Waals surface area contributed by atoms with Crippen LogP contribution in [0.1, 0.15) is 53.4 Å². The predicted octanol–water partition coefficient (Wildman–Crippen LogP) is 3.02. The Labute approximate surface area is 123 Å². The second kappa shape index (κ2) is 6.33. The molecule has 0 aromatic carbocycles. The van der Waals surface area contributed by atoms with Crippen molar-refractivity contribution in [3.63, 3.8) is 0 Å². The van der Waals surface area contributed by atoms with E-state index in [9.17, 15) is 4.79 Å². The average molecular weight is 282 g/mol. The van der Waals surface area contributed by atoms with Gasteiger partial charge in [-0.3, -0.25) is 0 Å². The van der Waals surface area contributed by atoms with Crippen LogP contribution in [-0.4, -0.2) is 42.3 Å². The Bertz CT molecular complexity index is 338. The highest BCUT2D eigenvalue weighted by Gasteiger charge is 2.33. The van der Waals surface area contributed by atoms with Crippen molar-refractivity contribution in [3.05, 3.63) is 0 Å². The highest BCUT2D eigenvalue weighted by molar-refractivity contribution is 5.68. The molecular formula is C16H30N2O2. The summed E-state index contributed by atoms with van der Waals surface area (Å²) in [5.41, 5.74) is -0.407. The van der Waals surface area contributed by atoms with Gasteiger partial charge in [0.05, 0.1) is 0 Å². The van der Waals surface area contributed by atoms with E-state index >= 15 is 0 Å². The quantitative estimate of drug-likeness (QED) is 0.862. The number of ether oxygens (including phenoxy) is 1. The van der Waals surface area contributed by atoms with E-state index in [-0.39, 0.29) is 6.09 Å². The first-order valence-electron chi connectivity index (χ1n) is 8.07. The molecule has 1 amide bonds. The summed E-state index contributed by atoms with van der Waals surface area (Å²) in [5, 5.41) is 3.55. The van der Waals surface area contributed by atoms with Crippen LogP contribution in [0, 0.1) is 11.8 Å². The summed E-state index contributed by atoms with van der Waals surface area (Å²) in [6, 6.07) is 0.299. The van der Waals surface area contributed by atoms with Crippen LogP contribution in [0.15, 0.2) is 0 Å². The molecule has 3 atom stereocenters. The number of piperidine rings is 1. The van der Waals surface area contributed by atoms with E-state index in [1.54, 1.807) is 0 Å². The van der Waals surface area contributed by atoms with Gasteiger partial charge < -0.3 is 15.0 Å². The maximum atomic E-state index is 12.3. The number of rotatable bonds is 4. The van der Waals surface area contributed by atoms with Crippen LogP contribution in [0.2, 0.25) is 0 Å². The number of hydrogen-bond donors (Lipinski definition) is 1. The highest BCUT2D eigenvalue weighted by atomic mass is 16.6. The zero-order valence-corrected chi connectivity index (χ0v) is 13.4. The van der Waals surface area contributed by atoms with E-state index in [1.807, 2.05) is 25.7 Å². The van der Waals surface area contributed by atoms with Gasteiger partial charge in [-0.15, -0.1) is 0 Å². The Hall–Kier alpha value is -0.770. The number of nitrogens with one attached hydrogen (secondary N) is 1. The SMILES string of the molecule is CC1CC1CNCC1CCCCN1C(=O)OC(C)(C)C. The van der Waals surface area contributed by atoms with E-state index < -0.39 is 5.60 Å². The molecule has 4 nitrogen and oxygen atoms in total. The van der Waals surface area contributed by atoms with Crippen LogP contribution in [0.25, 0.3) is 0 Å². The Morgan fingerprint density at radius 1 is 1.30 bits per heavy atom. The van der Waals surface area contributed by atoms with Gasteiger partial charge in [0.25, 0.3) is 0 Å². The molecule has 1 N–H and O–H groups in total. The first kappa shape index (κ1) is 15.6. The fourth-order valence-electron chi connectivity index (χ4n) is 2.89. The van der Waals surface area contributed by atoms with Crippen LogP contribution in [0.3, 0.4) is 0 Å². The van der Waals surface area contributed by atoms with Gasteiger partial charge in [0, 0.05) is 19.1 Å². The number of carbonyl (C=O) groups excluding carboxylic acids is 1. The zero-order chi connectivity index (χ0) is 14.8. The van der Waals surface area contributed by atoms with Gasteiger partial charge >= 0.3 is 6.09 Å². The summed E-state index contributed by atoms with van der Waals surface area (Å²) in [4.78, 5) is 14.2. The van der Waals surface area contributed by atoms with Gasteiger partial charge in [-0.2, -0.15) is 0 Å². The molecule has 0 aromatic heterocycles. The second-order valence-corrected chi connectivity index (χ2v) is 7.45. The molecular weight excluding hydrogens is 252 g/mol. The lowest BCUT2D eigenvalue weighted by Crippen LogP contribution is -2.50. The normalized spacial score (nSPS) is 30.2. The molecule has 2 aliphatic rings. The monoisotopic (exact) mass is 282 g/mol. The van der Waals surface area contributed by atoms with E-state index in [0.717, 1.165) is 44.3 Å². The molecule has 2 rings (SSSR count). The summed E-state index contributed by atoms with van der Waals surface area (Å²) in [6.07, 6.45) is 4.60. The molecule has 3 unspecified atom stereocenters. The molecule has 1 aliphatic heterocycles. The van der Waals surface area contributed by atoms with Gasteiger partial charge in [-0.05, 0) is 64.8 Å². The van der Waals surface area contributed by atoms with Crippen LogP contribution in [0.4, 0.5) is 4.79 Å². The van der Waals surface area contributed by atoms with Gasteiger partial charge in [-0.1, -0.05) is 6.92 Å². The lowest BCUT2D eigenvalue weighted by molar-refractivity contribution is 0.00995. The fraction of sp³-hybridized carbons (Fsp3) is 0.938. The predicted molar refractivity (Wildman–Crippen MR) is 80.7 cm³/mol. The zero-order valence-electron chi connectivity index (χ0n) is 13.4. The number of likely N-dealkylation sites (tertiary alicyclic amines) is 1. The number of hydrogen-bond acceptors (Lipinski definition) is 3. The summed E-state index contributed by atoms with van der Waals surface area (Å²) < 4.78 is 5.52. The summed E-state index contributed by atoms with van der Waals surface area (Å²) in [5.74, 6) is 1.74. The molecule has 0 aromatic rings. The van der Waals surface area contributed by atoms with Crippen molar-refractivity contribution in [2.75, 3.05) is 19.6 Å². The van der Waals surface area contributed by atoms with E-state index in [4.69, 9.17) is 4.74 Å². The minimum atomic E-state index is -0.407. The lowest BCUT2D eigenvalue weighted by Gasteiger charge is -2.37. The van der Waals surface area contributed by atoms with Crippen LogP contribution in [-0.2, 0) is 4.74 Å². The van der Waals surface area contributed by atoms with Crippen LogP contribution < -0.4 is 5.32 Å². The Balaban J connectivity index is 1.79. The fourth-order valence-corrected chi connectivity index (χ4v) is 2.89. The van der Waals surface area contributed by atoms with Crippen molar-refractivity contribution >= 4 is 6.09 Å². The molecule has 1 aliphatic carbocycles. The summed E-state index contributed by atoms with van der Waals surface area (Å²) in [7, 11) is 0. The molecule has 1 saturated carbocycles. The van der Waals surface area contributed by atoms with E-state index in [2.05, 4.69) is 12.2 Å². The Kier molecular flexibility index (Phi) is 4.95. The minimum Gasteiger partial charge on any atom is -0.444 e. The lowest BCUT2D eigenvalue weighted by atomic mass is 10.0. The smallest absolute Gasteiger partial charge is 0.410 e. The first-order chi connectivity index (χ1) is 9.37. The Morgan fingerprint density at radius 2 is 2.00 bits per heavy atom. The largest absolute Gasteiger partial charge is 0.444 e. The molecule has 1 saturated heterocycles. The van der Waals surface area contributed by atoms with Gasteiger partial charge in [0.1, 0.15) is 5.60 Å². The van der Waals surface area contributed by atoms with Crippen molar-refractivity contribution in [1.82, 2.24) is 10.2 Å².